The van der Waals surface area contributed by atoms with Crippen LogP contribution < -0.4 is 0 Å². The Kier molecular flexibility index (Phi) is 6.82. The first-order chi connectivity index (χ1) is 17.2. The molecule has 0 saturated carbocycles. The van der Waals surface area contributed by atoms with Crippen molar-refractivity contribution in [3.63, 3.8) is 0 Å². The first kappa shape index (κ1) is 22.7. The third-order valence-corrected chi connectivity index (χ3v) is 6.24. The number of carbonyl (C=O) groups is 1. The zero-order chi connectivity index (χ0) is 24.0. The van der Waals surface area contributed by atoms with E-state index in [4.69, 9.17) is 4.74 Å². The van der Waals surface area contributed by atoms with E-state index in [0.29, 0.717) is 6.42 Å². The molecule has 6 nitrogen and oxygen atoms in total. The van der Waals surface area contributed by atoms with E-state index in [0.717, 1.165) is 52.6 Å². The van der Waals surface area contributed by atoms with E-state index < -0.39 is 12.1 Å². The number of aromatic nitrogens is 3. The van der Waals surface area contributed by atoms with Gasteiger partial charge in [-0.1, -0.05) is 54.6 Å². The van der Waals surface area contributed by atoms with Gasteiger partial charge in [0.05, 0.1) is 6.61 Å². The van der Waals surface area contributed by atoms with E-state index >= 15 is 0 Å². The van der Waals surface area contributed by atoms with Crippen molar-refractivity contribution in [3.05, 3.63) is 108 Å². The van der Waals surface area contributed by atoms with E-state index in [1.807, 2.05) is 67.0 Å². The molecule has 0 aliphatic heterocycles. The first-order valence-corrected chi connectivity index (χ1v) is 11.8. The lowest BCUT2D eigenvalue weighted by Gasteiger charge is -2.14. The lowest BCUT2D eigenvalue weighted by atomic mass is 10.0. The molecule has 6 heteroatoms. The molecule has 5 rings (SSSR count). The Bertz CT molecular complexity index is 1380. The fourth-order valence-corrected chi connectivity index (χ4v) is 4.44. The number of benzene rings is 2. The lowest BCUT2D eigenvalue weighted by Crippen LogP contribution is -2.26. The monoisotopic (exact) mass is 465 g/mol. The van der Waals surface area contributed by atoms with Crippen LogP contribution in [0, 0.1) is 0 Å². The quantitative estimate of drug-likeness (QED) is 0.298. The normalized spacial score (nSPS) is 12.2. The Morgan fingerprint density at radius 2 is 1.43 bits per heavy atom. The highest BCUT2D eigenvalue weighted by Crippen LogP contribution is 2.26. The van der Waals surface area contributed by atoms with Gasteiger partial charge in [-0.3, -0.25) is 0 Å². The SMILES string of the molecule is O=C(O)C(Cc1ccc(CCCn2c3ncccc3c3cccnc32)cc1)OCc1ccccc1. The molecule has 0 fully saturated rings. The van der Waals surface area contributed by atoms with Crippen molar-refractivity contribution in [2.45, 2.75) is 38.5 Å². The van der Waals surface area contributed by atoms with E-state index in [1.165, 1.54) is 5.56 Å². The molecule has 1 N–H and O–H groups in total. The van der Waals surface area contributed by atoms with Gasteiger partial charge in [-0.15, -0.1) is 0 Å². The Balaban J connectivity index is 1.20. The molecule has 0 radical (unpaired) electrons. The summed E-state index contributed by atoms with van der Waals surface area (Å²) in [5, 5.41) is 11.8. The number of aryl methyl sites for hydroxylation is 2. The maximum Gasteiger partial charge on any atom is 0.333 e. The van der Waals surface area contributed by atoms with Crippen LogP contribution in [0.2, 0.25) is 0 Å². The molecule has 5 aromatic rings. The van der Waals surface area contributed by atoms with Gasteiger partial charge >= 0.3 is 5.97 Å². The summed E-state index contributed by atoms with van der Waals surface area (Å²) < 4.78 is 7.88. The van der Waals surface area contributed by atoms with Crippen molar-refractivity contribution in [2.75, 3.05) is 0 Å². The smallest absolute Gasteiger partial charge is 0.333 e. The van der Waals surface area contributed by atoms with Crippen LogP contribution in [0.15, 0.2) is 91.3 Å². The van der Waals surface area contributed by atoms with Gasteiger partial charge in [-0.2, -0.15) is 0 Å². The standard InChI is InChI=1S/C29H27N3O3/c33-29(34)26(35-20-23-7-2-1-3-8-23)19-22-14-12-21(13-15-22)9-6-18-32-27-24(10-4-16-30-27)25-11-5-17-31-28(25)32/h1-5,7-8,10-17,26H,6,9,18-20H2,(H,33,34). The van der Waals surface area contributed by atoms with Crippen molar-refractivity contribution >= 4 is 28.0 Å². The highest BCUT2D eigenvalue weighted by Gasteiger charge is 2.19. The zero-order valence-corrected chi connectivity index (χ0v) is 19.4. The van der Waals surface area contributed by atoms with E-state index in [9.17, 15) is 9.90 Å². The van der Waals surface area contributed by atoms with Crippen molar-refractivity contribution in [1.82, 2.24) is 14.5 Å². The van der Waals surface area contributed by atoms with Gasteiger partial charge in [-0.05, 0) is 53.8 Å². The maximum atomic E-state index is 11.7. The number of hydrogen-bond donors (Lipinski definition) is 1. The highest BCUT2D eigenvalue weighted by molar-refractivity contribution is 6.04. The number of hydrogen-bond acceptors (Lipinski definition) is 4. The summed E-state index contributed by atoms with van der Waals surface area (Å²) in [5.74, 6) is -0.946. The molecule has 1 unspecified atom stereocenters. The van der Waals surface area contributed by atoms with E-state index in [1.54, 1.807) is 0 Å². The second-order valence-electron chi connectivity index (χ2n) is 8.65. The summed E-state index contributed by atoms with van der Waals surface area (Å²) in [6.07, 6.45) is 4.96. The Morgan fingerprint density at radius 3 is 2.06 bits per heavy atom. The third kappa shape index (κ3) is 5.23. The first-order valence-electron chi connectivity index (χ1n) is 11.8. The van der Waals surface area contributed by atoms with Crippen LogP contribution in [0.4, 0.5) is 0 Å². The minimum absolute atomic E-state index is 0.280. The van der Waals surface area contributed by atoms with Gasteiger partial charge in [0, 0.05) is 36.1 Å². The summed E-state index contributed by atoms with van der Waals surface area (Å²) in [5.41, 5.74) is 5.05. The van der Waals surface area contributed by atoms with Crippen molar-refractivity contribution in [1.29, 1.82) is 0 Å². The minimum Gasteiger partial charge on any atom is -0.479 e. The Labute approximate surface area is 203 Å². The number of rotatable bonds is 10. The van der Waals surface area contributed by atoms with Gasteiger partial charge in [0.25, 0.3) is 0 Å². The number of nitrogens with zero attached hydrogens (tertiary/aromatic N) is 3. The van der Waals surface area contributed by atoms with Gasteiger partial charge < -0.3 is 14.4 Å². The molecule has 1 atom stereocenters. The molecule has 0 amide bonds. The summed E-state index contributed by atoms with van der Waals surface area (Å²) in [6, 6.07) is 25.9. The summed E-state index contributed by atoms with van der Waals surface area (Å²) >= 11 is 0. The fraction of sp³-hybridized carbons (Fsp3) is 0.207. The molecule has 176 valence electrons. The van der Waals surface area contributed by atoms with Crippen molar-refractivity contribution in [2.24, 2.45) is 0 Å². The average Bonchev–Trinajstić information content (AvgIpc) is 3.22. The van der Waals surface area contributed by atoms with Crippen molar-refractivity contribution < 1.29 is 14.6 Å². The van der Waals surface area contributed by atoms with Gasteiger partial charge in [0.2, 0.25) is 0 Å². The average molecular weight is 466 g/mol. The predicted molar refractivity (Wildman–Crippen MR) is 136 cm³/mol. The molecular weight excluding hydrogens is 438 g/mol. The maximum absolute atomic E-state index is 11.7. The van der Waals surface area contributed by atoms with Crippen molar-refractivity contribution in [3.8, 4) is 0 Å². The predicted octanol–water partition coefficient (Wildman–Crippen LogP) is 5.43. The van der Waals surface area contributed by atoms with Crippen LogP contribution in [0.3, 0.4) is 0 Å². The number of carboxylic acid groups (broad SMARTS) is 1. The molecule has 0 spiro atoms. The third-order valence-electron chi connectivity index (χ3n) is 6.24. The number of pyridine rings is 2. The second kappa shape index (κ2) is 10.5. The summed E-state index contributed by atoms with van der Waals surface area (Å²) in [7, 11) is 0. The number of ether oxygens (including phenoxy) is 1. The number of aliphatic carboxylic acids is 1. The summed E-state index contributed by atoms with van der Waals surface area (Å²) in [6.45, 7) is 1.10. The molecule has 35 heavy (non-hydrogen) atoms. The van der Waals surface area contributed by atoms with Crippen LogP contribution in [0.1, 0.15) is 23.1 Å². The topological polar surface area (TPSA) is 77.2 Å². The molecule has 3 aromatic heterocycles. The minimum atomic E-state index is -0.946. The van der Waals surface area contributed by atoms with Crippen LogP contribution in [-0.2, 0) is 35.5 Å². The molecule has 0 aliphatic carbocycles. The van der Waals surface area contributed by atoms with E-state index in [2.05, 4.69) is 38.8 Å². The lowest BCUT2D eigenvalue weighted by molar-refractivity contribution is -0.151. The molecule has 0 saturated heterocycles. The summed E-state index contributed by atoms with van der Waals surface area (Å²) in [4.78, 5) is 20.9. The second-order valence-corrected chi connectivity index (χ2v) is 8.65. The molecule has 0 bridgehead atoms. The Hall–Kier alpha value is -4.03. The number of carboxylic acids is 1. The van der Waals surface area contributed by atoms with Crippen LogP contribution in [-0.4, -0.2) is 31.7 Å². The van der Waals surface area contributed by atoms with E-state index in [-0.39, 0.29) is 6.61 Å². The van der Waals surface area contributed by atoms with Crippen LogP contribution >= 0.6 is 0 Å². The number of fused-ring (bicyclic) bond motifs is 3. The van der Waals surface area contributed by atoms with Gasteiger partial charge in [0.15, 0.2) is 6.10 Å². The van der Waals surface area contributed by atoms with Gasteiger partial charge in [-0.25, -0.2) is 14.8 Å². The van der Waals surface area contributed by atoms with Crippen LogP contribution in [0.5, 0.6) is 0 Å². The fourth-order valence-electron chi connectivity index (χ4n) is 4.44. The van der Waals surface area contributed by atoms with Crippen LogP contribution in [0.25, 0.3) is 22.1 Å². The largest absolute Gasteiger partial charge is 0.479 e. The van der Waals surface area contributed by atoms with Gasteiger partial charge in [0.1, 0.15) is 11.3 Å². The molecule has 2 aromatic carbocycles. The molecule has 3 heterocycles. The zero-order valence-electron chi connectivity index (χ0n) is 19.4. The highest BCUT2D eigenvalue weighted by atomic mass is 16.5. The Morgan fingerprint density at radius 1 is 0.800 bits per heavy atom. The molecular formula is C29H27N3O3. The molecule has 0 aliphatic rings.